The first kappa shape index (κ1) is 23.0. The van der Waals surface area contributed by atoms with Crippen molar-refractivity contribution >= 4 is 11.8 Å². The minimum Gasteiger partial charge on any atom is -0.489 e. The van der Waals surface area contributed by atoms with E-state index in [0.29, 0.717) is 18.2 Å². The first-order chi connectivity index (χ1) is 15.4. The van der Waals surface area contributed by atoms with E-state index in [1.54, 1.807) is 12.1 Å². The van der Waals surface area contributed by atoms with E-state index in [1.807, 2.05) is 24.3 Å². The Balaban J connectivity index is 1.74. The van der Waals surface area contributed by atoms with Crippen molar-refractivity contribution in [3.63, 3.8) is 0 Å². The number of nitrogens with one attached hydrogen (secondary N) is 1. The van der Waals surface area contributed by atoms with Crippen LogP contribution in [0.2, 0.25) is 0 Å². The van der Waals surface area contributed by atoms with Crippen LogP contribution in [0.25, 0.3) is 0 Å². The molecule has 3 rings (SSSR count). The van der Waals surface area contributed by atoms with Crippen LogP contribution in [-0.4, -0.2) is 31.1 Å². The van der Waals surface area contributed by atoms with E-state index in [9.17, 15) is 20.0 Å². The first-order valence-electron chi connectivity index (χ1n) is 10.3. The summed E-state index contributed by atoms with van der Waals surface area (Å²) in [4.78, 5) is 28.6. The molecule has 0 aliphatic rings. The SMILES string of the molecule is CCCCC(c1ccc(OCc2ccc(C(=O)O)cc2)cc1)c1nc(CO)c([N+](=O)[O-])[nH]1. The molecule has 9 heteroatoms. The fraction of sp³-hybridized carbons (Fsp3) is 0.304. The quantitative estimate of drug-likeness (QED) is 0.297. The standard InChI is InChI=1S/C23H25N3O6/c1-2-3-4-19(21-24-20(13-27)22(25-21)26(30)31)16-9-11-18(12-10-16)32-14-15-5-7-17(8-6-15)23(28)29/h5-12,19,27H,2-4,13-14H2,1H3,(H,24,25)(H,28,29). The van der Waals surface area contributed by atoms with Gasteiger partial charge in [-0.05, 0) is 46.7 Å². The van der Waals surface area contributed by atoms with Crippen LogP contribution in [0.15, 0.2) is 48.5 Å². The van der Waals surface area contributed by atoms with Gasteiger partial charge in [0.1, 0.15) is 12.4 Å². The van der Waals surface area contributed by atoms with E-state index >= 15 is 0 Å². The fourth-order valence-corrected chi connectivity index (χ4v) is 3.42. The predicted molar refractivity (Wildman–Crippen MR) is 117 cm³/mol. The molecule has 1 unspecified atom stereocenters. The Bertz CT molecular complexity index is 1060. The second kappa shape index (κ2) is 10.5. The lowest BCUT2D eigenvalue weighted by Crippen LogP contribution is -2.04. The van der Waals surface area contributed by atoms with Crippen LogP contribution < -0.4 is 4.74 Å². The van der Waals surface area contributed by atoms with E-state index in [4.69, 9.17) is 9.84 Å². The fourth-order valence-electron chi connectivity index (χ4n) is 3.42. The lowest BCUT2D eigenvalue weighted by molar-refractivity contribution is -0.390. The van der Waals surface area contributed by atoms with Gasteiger partial charge in [-0.1, -0.05) is 44.0 Å². The largest absolute Gasteiger partial charge is 0.489 e. The third kappa shape index (κ3) is 5.50. The summed E-state index contributed by atoms with van der Waals surface area (Å²) in [5, 5.41) is 29.6. The van der Waals surface area contributed by atoms with Crippen molar-refractivity contribution in [2.75, 3.05) is 0 Å². The van der Waals surface area contributed by atoms with Gasteiger partial charge in [-0.15, -0.1) is 0 Å². The Kier molecular flexibility index (Phi) is 7.56. The molecule has 0 fully saturated rings. The maximum atomic E-state index is 11.2. The summed E-state index contributed by atoms with van der Waals surface area (Å²) < 4.78 is 5.79. The monoisotopic (exact) mass is 439 g/mol. The van der Waals surface area contributed by atoms with E-state index in [2.05, 4.69) is 16.9 Å². The first-order valence-corrected chi connectivity index (χ1v) is 10.3. The van der Waals surface area contributed by atoms with E-state index < -0.39 is 17.5 Å². The lowest BCUT2D eigenvalue weighted by atomic mass is 9.93. The number of hydrogen-bond donors (Lipinski definition) is 3. The maximum absolute atomic E-state index is 11.2. The summed E-state index contributed by atoms with van der Waals surface area (Å²) in [6.07, 6.45) is 2.63. The summed E-state index contributed by atoms with van der Waals surface area (Å²) in [5.41, 5.74) is 2.03. The number of nitrogens with zero attached hydrogens (tertiary/aromatic N) is 2. The highest BCUT2D eigenvalue weighted by Crippen LogP contribution is 2.31. The topological polar surface area (TPSA) is 139 Å². The molecule has 3 aromatic rings. The number of carboxylic acid groups (broad SMARTS) is 1. The number of aromatic carboxylic acids is 1. The zero-order valence-electron chi connectivity index (χ0n) is 17.7. The van der Waals surface area contributed by atoms with Gasteiger partial charge >= 0.3 is 11.8 Å². The molecule has 9 nitrogen and oxygen atoms in total. The number of H-pyrrole nitrogens is 1. The normalized spacial score (nSPS) is 11.8. The van der Waals surface area contributed by atoms with Crippen molar-refractivity contribution in [3.05, 3.63) is 86.9 Å². The maximum Gasteiger partial charge on any atom is 0.346 e. The summed E-state index contributed by atoms with van der Waals surface area (Å²) in [6, 6.07) is 13.9. The molecule has 32 heavy (non-hydrogen) atoms. The highest BCUT2D eigenvalue weighted by atomic mass is 16.6. The number of aliphatic hydroxyl groups excluding tert-OH is 1. The van der Waals surface area contributed by atoms with E-state index in [0.717, 1.165) is 30.4 Å². The Morgan fingerprint density at radius 2 is 1.88 bits per heavy atom. The average Bonchev–Trinajstić information content (AvgIpc) is 3.23. The zero-order chi connectivity index (χ0) is 23.1. The van der Waals surface area contributed by atoms with Crippen LogP contribution >= 0.6 is 0 Å². The Morgan fingerprint density at radius 1 is 1.19 bits per heavy atom. The molecule has 0 bridgehead atoms. The number of aromatic amines is 1. The van der Waals surface area contributed by atoms with Crippen LogP contribution in [0.5, 0.6) is 5.75 Å². The van der Waals surface area contributed by atoms with Crippen molar-refractivity contribution in [2.45, 2.75) is 45.3 Å². The van der Waals surface area contributed by atoms with Gasteiger partial charge in [-0.25, -0.2) is 14.8 Å². The highest BCUT2D eigenvalue weighted by molar-refractivity contribution is 5.87. The number of carboxylic acids is 1. The molecule has 2 aromatic carbocycles. The number of imidazole rings is 1. The Hall–Kier alpha value is -3.72. The molecular weight excluding hydrogens is 414 g/mol. The van der Waals surface area contributed by atoms with Crippen LogP contribution in [0.1, 0.15) is 65.1 Å². The minimum absolute atomic E-state index is 0.0281. The van der Waals surface area contributed by atoms with Crippen molar-refractivity contribution in [2.24, 2.45) is 0 Å². The minimum atomic E-state index is -0.973. The van der Waals surface area contributed by atoms with Gasteiger partial charge in [-0.2, -0.15) is 0 Å². The van der Waals surface area contributed by atoms with E-state index in [1.165, 1.54) is 12.1 Å². The molecule has 168 valence electrons. The van der Waals surface area contributed by atoms with Crippen molar-refractivity contribution < 1.29 is 24.7 Å². The van der Waals surface area contributed by atoms with E-state index in [-0.39, 0.29) is 23.0 Å². The molecule has 0 amide bonds. The molecular formula is C23H25N3O6. The number of aliphatic hydroxyl groups is 1. The number of unbranched alkanes of at least 4 members (excludes halogenated alkanes) is 1. The number of aromatic nitrogens is 2. The predicted octanol–water partition coefficient (Wildman–Crippen LogP) is 4.41. The van der Waals surface area contributed by atoms with Crippen LogP contribution in [0.3, 0.4) is 0 Å². The Morgan fingerprint density at radius 3 is 2.41 bits per heavy atom. The third-order valence-electron chi connectivity index (χ3n) is 5.17. The number of ether oxygens (including phenoxy) is 1. The second-order valence-electron chi connectivity index (χ2n) is 7.39. The molecule has 0 saturated heterocycles. The summed E-state index contributed by atoms with van der Waals surface area (Å²) in [7, 11) is 0. The number of carbonyl (C=O) groups is 1. The highest BCUT2D eigenvalue weighted by Gasteiger charge is 2.26. The smallest absolute Gasteiger partial charge is 0.346 e. The van der Waals surface area contributed by atoms with Gasteiger partial charge in [0, 0.05) is 0 Å². The van der Waals surface area contributed by atoms with Gasteiger partial charge in [0.15, 0.2) is 5.69 Å². The molecule has 1 aromatic heterocycles. The number of hydrogen-bond acceptors (Lipinski definition) is 6. The van der Waals surface area contributed by atoms with Crippen molar-refractivity contribution in [3.8, 4) is 5.75 Å². The molecule has 1 heterocycles. The molecule has 0 aliphatic heterocycles. The van der Waals surface area contributed by atoms with Gasteiger partial charge in [-0.3, -0.25) is 0 Å². The van der Waals surface area contributed by atoms with Gasteiger partial charge in [0.2, 0.25) is 5.82 Å². The Labute approximate surface area is 184 Å². The molecule has 0 aliphatic carbocycles. The summed E-state index contributed by atoms with van der Waals surface area (Å²) in [6.45, 7) is 1.86. The third-order valence-corrected chi connectivity index (χ3v) is 5.17. The molecule has 0 saturated carbocycles. The van der Waals surface area contributed by atoms with Gasteiger partial charge in [0.05, 0.1) is 18.1 Å². The van der Waals surface area contributed by atoms with Crippen LogP contribution in [-0.2, 0) is 13.2 Å². The lowest BCUT2D eigenvalue weighted by Gasteiger charge is -2.14. The zero-order valence-corrected chi connectivity index (χ0v) is 17.7. The number of nitro groups is 1. The number of rotatable bonds is 11. The number of benzene rings is 2. The summed E-state index contributed by atoms with van der Waals surface area (Å²) in [5.74, 6) is -0.323. The van der Waals surface area contributed by atoms with Crippen molar-refractivity contribution in [1.29, 1.82) is 0 Å². The molecule has 3 N–H and O–H groups in total. The van der Waals surface area contributed by atoms with Crippen LogP contribution in [0.4, 0.5) is 5.82 Å². The van der Waals surface area contributed by atoms with Gasteiger partial charge < -0.3 is 25.1 Å². The van der Waals surface area contributed by atoms with Gasteiger partial charge in [0.25, 0.3) is 0 Å². The second-order valence-corrected chi connectivity index (χ2v) is 7.39. The molecule has 0 spiro atoms. The average molecular weight is 439 g/mol. The molecule has 1 atom stereocenters. The van der Waals surface area contributed by atoms with Crippen molar-refractivity contribution in [1.82, 2.24) is 9.97 Å². The summed E-state index contributed by atoms with van der Waals surface area (Å²) >= 11 is 0. The van der Waals surface area contributed by atoms with Crippen LogP contribution in [0, 0.1) is 10.1 Å². The molecule has 0 radical (unpaired) electrons.